The summed E-state index contributed by atoms with van der Waals surface area (Å²) in [4.78, 5) is 14.1. The number of likely N-dealkylation sites (tertiary alicyclic amines) is 1. The van der Waals surface area contributed by atoms with Gasteiger partial charge in [-0.25, -0.2) is 4.79 Å². The summed E-state index contributed by atoms with van der Waals surface area (Å²) in [6.07, 6.45) is 0.661. The lowest BCUT2D eigenvalue weighted by Gasteiger charge is -2.36. The number of piperidine rings is 1. The second-order valence-electron chi connectivity index (χ2n) is 6.92. The summed E-state index contributed by atoms with van der Waals surface area (Å²) in [5, 5.41) is 4.51. The Morgan fingerprint density at radius 3 is 2.73 bits per heavy atom. The van der Waals surface area contributed by atoms with E-state index in [0.717, 1.165) is 17.7 Å². The van der Waals surface area contributed by atoms with Crippen LogP contribution in [0.2, 0.25) is 0 Å². The highest BCUT2D eigenvalue weighted by atomic mass is 16.6. The summed E-state index contributed by atoms with van der Waals surface area (Å²) in [5.41, 5.74) is 4.92. The molecular formula is C17H23N3O2. The summed E-state index contributed by atoms with van der Waals surface area (Å²) in [6.45, 7) is 7.05. The summed E-state index contributed by atoms with van der Waals surface area (Å²) in [5.74, 6) is 0.226. The molecule has 1 amide bonds. The number of benzene rings is 1. The molecule has 0 bridgehead atoms. The van der Waals surface area contributed by atoms with Crippen molar-refractivity contribution < 1.29 is 9.53 Å². The average Bonchev–Trinajstić information content (AvgIpc) is 2.89. The molecule has 0 saturated carbocycles. The van der Waals surface area contributed by atoms with Gasteiger partial charge in [-0.15, -0.1) is 0 Å². The molecule has 1 N–H and O–H groups in total. The van der Waals surface area contributed by atoms with Crippen molar-refractivity contribution in [2.24, 2.45) is 11.0 Å². The van der Waals surface area contributed by atoms with Crippen molar-refractivity contribution in [2.45, 2.75) is 38.8 Å². The second kappa shape index (κ2) is 5.63. The molecule has 2 atom stereocenters. The average molecular weight is 301 g/mol. The summed E-state index contributed by atoms with van der Waals surface area (Å²) < 4.78 is 5.49. The van der Waals surface area contributed by atoms with Crippen LogP contribution in [0.5, 0.6) is 0 Å². The minimum atomic E-state index is -0.460. The summed E-state index contributed by atoms with van der Waals surface area (Å²) in [6, 6.07) is 10.5. The molecular weight excluding hydrogens is 278 g/mol. The second-order valence-corrected chi connectivity index (χ2v) is 6.92. The third-order valence-electron chi connectivity index (χ3n) is 4.04. The molecule has 2 heterocycles. The molecule has 0 spiro atoms. The maximum Gasteiger partial charge on any atom is 0.410 e. The number of carbonyl (C=O) groups is 1. The number of amides is 1. The van der Waals surface area contributed by atoms with Crippen molar-refractivity contribution >= 4 is 11.8 Å². The number of nitrogens with zero attached hydrogens (tertiary/aromatic N) is 2. The van der Waals surface area contributed by atoms with Gasteiger partial charge in [0.2, 0.25) is 0 Å². The van der Waals surface area contributed by atoms with Gasteiger partial charge in [0.05, 0.1) is 11.8 Å². The van der Waals surface area contributed by atoms with E-state index in [1.165, 1.54) is 0 Å². The fourth-order valence-corrected chi connectivity index (χ4v) is 3.00. The molecule has 0 unspecified atom stereocenters. The van der Waals surface area contributed by atoms with Crippen LogP contribution in [0.4, 0.5) is 4.79 Å². The van der Waals surface area contributed by atoms with E-state index in [1.807, 2.05) is 39.0 Å². The Morgan fingerprint density at radius 1 is 1.32 bits per heavy atom. The molecule has 0 aliphatic carbocycles. The number of hydrogen-bond acceptors (Lipinski definition) is 4. The predicted octanol–water partition coefficient (Wildman–Crippen LogP) is 2.62. The number of hydrazone groups is 1. The molecule has 22 heavy (non-hydrogen) atoms. The Bertz CT molecular complexity index is 577. The fraction of sp³-hybridized carbons (Fsp3) is 0.529. The van der Waals surface area contributed by atoms with Crippen molar-refractivity contribution in [2.75, 3.05) is 13.1 Å². The normalized spacial score (nSPS) is 24.3. The first-order valence-corrected chi connectivity index (χ1v) is 7.80. The third kappa shape index (κ3) is 3.08. The molecule has 5 nitrogen and oxygen atoms in total. The zero-order valence-electron chi connectivity index (χ0n) is 13.4. The van der Waals surface area contributed by atoms with Crippen molar-refractivity contribution in [1.29, 1.82) is 0 Å². The molecule has 2 aliphatic rings. The van der Waals surface area contributed by atoms with E-state index >= 15 is 0 Å². The van der Waals surface area contributed by atoms with Crippen LogP contribution >= 0.6 is 0 Å². The number of nitrogens with one attached hydrogen (secondary N) is 1. The molecule has 0 radical (unpaired) electrons. The van der Waals surface area contributed by atoms with Gasteiger partial charge in [0, 0.05) is 19.0 Å². The zero-order valence-corrected chi connectivity index (χ0v) is 13.4. The SMILES string of the molecule is CC(C)(C)OC(=O)N1CC[C@@H]2NN=C(c3ccccc3)[C@@H]2C1. The molecule has 1 aromatic carbocycles. The van der Waals surface area contributed by atoms with E-state index in [9.17, 15) is 4.79 Å². The number of hydrogen-bond donors (Lipinski definition) is 1. The monoisotopic (exact) mass is 301 g/mol. The largest absolute Gasteiger partial charge is 0.444 e. The lowest BCUT2D eigenvalue weighted by molar-refractivity contribution is 0.0178. The number of carbonyl (C=O) groups excluding carboxylic acids is 1. The van der Waals surface area contributed by atoms with Crippen LogP contribution in [0.15, 0.2) is 35.4 Å². The van der Waals surface area contributed by atoms with Gasteiger partial charge in [-0.2, -0.15) is 5.10 Å². The van der Waals surface area contributed by atoms with E-state index in [4.69, 9.17) is 4.74 Å². The van der Waals surface area contributed by atoms with Gasteiger partial charge < -0.3 is 15.1 Å². The van der Waals surface area contributed by atoms with Gasteiger partial charge >= 0.3 is 6.09 Å². The van der Waals surface area contributed by atoms with Crippen molar-refractivity contribution in [3.8, 4) is 0 Å². The molecule has 1 aromatic rings. The Labute approximate surface area is 131 Å². The molecule has 0 aromatic heterocycles. The van der Waals surface area contributed by atoms with E-state index in [1.54, 1.807) is 4.90 Å². The molecule has 118 valence electrons. The number of rotatable bonds is 1. The van der Waals surface area contributed by atoms with E-state index < -0.39 is 5.60 Å². The number of fused-ring (bicyclic) bond motifs is 1. The zero-order chi connectivity index (χ0) is 15.7. The summed E-state index contributed by atoms with van der Waals surface area (Å²) in [7, 11) is 0. The van der Waals surface area contributed by atoms with Gasteiger partial charge in [0.25, 0.3) is 0 Å². The molecule has 1 fully saturated rings. The molecule has 3 rings (SSSR count). The van der Waals surface area contributed by atoms with Crippen molar-refractivity contribution in [1.82, 2.24) is 10.3 Å². The predicted molar refractivity (Wildman–Crippen MR) is 85.8 cm³/mol. The van der Waals surface area contributed by atoms with Crippen LogP contribution in [0.25, 0.3) is 0 Å². The standard InChI is InChI=1S/C17H23N3O2/c1-17(2,3)22-16(21)20-10-9-14-13(11-20)15(19-18-14)12-7-5-4-6-8-12/h4-8,13-14,18H,9-11H2,1-3H3/t13-,14+/m1/s1. The van der Waals surface area contributed by atoms with Crippen LogP contribution in [0.3, 0.4) is 0 Å². The van der Waals surface area contributed by atoms with Crippen molar-refractivity contribution in [3.05, 3.63) is 35.9 Å². The first-order chi connectivity index (χ1) is 10.4. The van der Waals surface area contributed by atoms with Gasteiger partial charge in [-0.05, 0) is 32.8 Å². The topological polar surface area (TPSA) is 53.9 Å². The summed E-state index contributed by atoms with van der Waals surface area (Å²) >= 11 is 0. The highest BCUT2D eigenvalue weighted by Crippen LogP contribution is 2.27. The first kappa shape index (κ1) is 14.9. The third-order valence-corrected chi connectivity index (χ3v) is 4.04. The molecule has 5 heteroatoms. The van der Waals surface area contributed by atoms with Gasteiger partial charge in [0.15, 0.2) is 0 Å². The Balaban J connectivity index is 1.72. The highest BCUT2D eigenvalue weighted by Gasteiger charge is 2.39. The van der Waals surface area contributed by atoms with Crippen LogP contribution in [0.1, 0.15) is 32.8 Å². The quantitative estimate of drug-likeness (QED) is 0.867. The molecule has 1 saturated heterocycles. The Morgan fingerprint density at radius 2 is 2.05 bits per heavy atom. The van der Waals surface area contributed by atoms with Gasteiger partial charge in [-0.3, -0.25) is 0 Å². The lowest BCUT2D eigenvalue weighted by Crippen LogP contribution is -2.50. The van der Waals surface area contributed by atoms with Crippen LogP contribution in [-0.2, 0) is 4.74 Å². The first-order valence-electron chi connectivity index (χ1n) is 7.80. The fourth-order valence-electron chi connectivity index (χ4n) is 3.00. The van der Waals surface area contributed by atoms with E-state index in [0.29, 0.717) is 19.1 Å². The van der Waals surface area contributed by atoms with Gasteiger partial charge in [0.1, 0.15) is 5.60 Å². The van der Waals surface area contributed by atoms with Crippen LogP contribution in [-0.4, -0.2) is 41.4 Å². The van der Waals surface area contributed by atoms with Crippen LogP contribution in [0, 0.1) is 5.92 Å². The van der Waals surface area contributed by atoms with Crippen LogP contribution < -0.4 is 5.43 Å². The smallest absolute Gasteiger partial charge is 0.410 e. The van der Waals surface area contributed by atoms with Gasteiger partial charge in [-0.1, -0.05) is 30.3 Å². The minimum Gasteiger partial charge on any atom is -0.444 e. The molecule has 2 aliphatic heterocycles. The number of ether oxygens (including phenoxy) is 1. The minimum absolute atomic E-state index is 0.226. The lowest BCUT2D eigenvalue weighted by atomic mass is 9.87. The van der Waals surface area contributed by atoms with Crippen molar-refractivity contribution in [3.63, 3.8) is 0 Å². The Hall–Kier alpha value is -2.04. The maximum atomic E-state index is 12.3. The Kier molecular flexibility index (Phi) is 3.81. The highest BCUT2D eigenvalue weighted by molar-refractivity contribution is 6.03. The maximum absolute atomic E-state index is 12.3. The van der Waals surface area contributed by atoms with E-state index in [2.05, 4.69) is 22.7 Å². The van der Waals surface area contributed by atoms with E-state index in [-0.39, 0.29) is 12.0 Å².